The van der Waals surface area contributed by atoms with E-state index >= 15 is 0 Å². The number of nitrogens with two attached hydrogens (primary N) is 1. The first-order chi connectivity index (χ1) is 12.2. The molecule has 2 rings (SSSR count). The summed E-state index contributed by atoms with van der Waals surface area (Å²) in [5.41, 5.74) is 0.755. The van der Waals surface area contributed by atoms with Crippen LogP contribution in [0.1, 0.15) is 23.0 Å². The molecule has 0 saturated heterocycles. The molecule has 1 atom stereocenters. The summed E-state index contributed by atoms with van der Waals surface area (Å²) in [4.78, 5) is 24.0. The quantitative estimate of drug-likeness (QED) is 0.675. The van der Waals surface area contributed by atoms with Crippen LogP contribution in [0.2, 0.25) is 0 Å². The van der Waals surface area contributed by atoms with Crippen LogP contribution in [0.3, 0.4) is 0 Å². The van der Waals surface area contributed by atoms with Crippen LogP contribution in [0, 0.1) is 0 Å². The molecule has 1 amide bonds. The number of amides is 1. The minimum absolute atomic E-state index is 0.182. The van der Waals surface area contributed by atoms with Gasteiger partial charge in [-0.2, -0.15) is 0 Å². The fraction of sp³-hybridized carbons (Fsp3) is 0.250. The molecule has 2 aromatic rings. The molecule has 3 N–H and O–H groups in total. The number of ether oxygens (including phenoxy) is 2. The Morgan fingerprint density at radius 1 is 1.23 bits per heavy atom. The average Bonchev–Trinajstić information content (AvgIpc) is 3.10. The van der Waals surface area contributed by atoms with Crippen LogP contribution >= 0.6 is 0 Å². The number of hydrogen-bond donors (Lipinski definition) is 2. The molecular formula is C16H18N2O7S. The lowest BCUT2D eigenvalue weighted by molar-refractivity contribution is -0.129. The molecular weight excluding hydrogens is 364 g/mol. The molecule has 1 heterocycles. The van der Waals surface area contributed by atoms with Crippen LogP contribution < -0.4 is 15.2 Å². The van der Waals surface area contributed by atoms with Crippen LogP contribution in [0.4, 0.5) is 0 Å². The van der Waals surface area contributed by atoms with E-state index in [0.717, 1.165) is 17.7 Å². The van der Waals surface area contributed by atoms with Gasteiger partial charge in [0.25, 0.3) is 15.9 Å². The minimum Gasteiger partial charge on any atom is -0.496 e. The van der Waals surface area contributed by atoms with E-state index in [0.29, 0.717) is 5.75 Å². The highest BCUT2D eigenvalue weighted by atomic mass is 32.2. The zero-order chi connectivity index (χ0) is 19.3. The molecule has 0 fully saturated rings. The number of benzene rings is 1. The van der Waals surface area contributed by atoms with Gasteiger partial charge in [0.2, 0.25) is 10.9 Å². The zero-order valence-electron chi connectivity index (χ0n) is 14.1. The SMILES string of the molecule is COc1ccccc1CNC(=O)C(C)OC(=O)c1ccc(S(N)(=O)=O)o1. The smallest absolute Gasteiger partial charge is 0.375 e. The van der Waals surface area contributed by atoms with Crippen molar-refractivity contribution in [3.8, 4) is 5.75 Å². The summed E-state index contributed by atoms with van der Waals surface area (Å²) in [6.45, 7) is 1.56. The summed E-state index contributed by atoms with van der Waals surface area (Å²) in [6, 6.07) is 9.26. The molecule has 0 aliphatic rings. The van der Waals surface area contributed by atoms with E-state index in [1.54, 1.807) is 24.3 Å². The van der Waals surface area contributed by atoms with Gasteiger partial charge in [0.15, 0.2) is 6.10 Å². The van der Waals surface area contributed by atoms with Gasteiger partial charge in [-0.05, 0) is 25.1 Å². The number of para-hydroxylation sites is 1. The molecule has 0 bridgehead atoms. The number of hydrogen-bond acceptors (Lipinski definition) is 7. The monoisotopic (exact) mass is 382 g/mol. The van der Waals surface area contributed by atoms with Crippen molar-refractivity contribution in [2.45, 2.75) is 24.7 Å². The van der Waals surface area contributed by atoms with E-state index in [2.05, 4.69) is 5.32 Å². The summed E-state index contributed by atoms with van der Waals surface area (Å²) in [6.07, 6.45) is -1.12. The van der Waals surface area contributed by atoms with Crippen molar-refractivity contribution in [1.29, 1.82) is 0 Å². The molecule has 0 spiro atoms. The second-order valence-corrected chi connectivity index (χ2v) is 6.73. The summed E-state index contributed by atoms with van der Waals surface area (Å²) in [5.74, 6) is -1.29. The Balaban J connectivity index is 1.94. The molecule has 1 aromatic heterocycles. The molecule has 0 aliphatic carbocycles. The first-order valence-electron chi connectivity index (χ1n) is 7.45. The number of esters is 1. The van der Waals surface area contributed by atoms with Crippen LogP contribution in [0.5, 0.6) is 5.75 Å². The maximum absolute atomic E-state index is 12.1. The number of nitrogens with one attached hydrogen (secondary N) is 1. The van der Waals surface area contributed by atoms with Gasteiger partial charge in [-0.25, -0.2) is 18.4 Å². The topological polar surface area (TPSA) is 138 Å². The van der Waals surface area contributed by atoms with Gasteiger partial charge in [0.1, 0.15) is 5.75 Å². The molecule has 9 nitrogen and oxygen atoms in total. The Bertz CT molecular complexity index is 905. The average molecular weight is 382 g/mol. The maximum atomic E-state index is 12.1. The molecule has 26 heavy (non-hydrogen) atoms. The van der Waals surface area contributed by atoms with Gasteiger partial charge >= 0.3 is 5.97 Å². The van der Waals surface area contributed by atoms with Gasteiger partial charge in [-0.15, -0.1) is 0 Å². The number of primary sulfonamides is 1. The number of methoxy groups -OCH3 is 1. The highest BCUT2D eigenvalue weighted by molar-refractivity contribution is 7.89. The highest BCUT2D eigenvalue weighted by Gasteiger charge is 2.23. The lowest BCUT2D eigenvalue weighted by Crippen LogP contribution is -2.35. The fourth-order valence-corrected chi connectivity index (χ4v) is 2.49. The number of carbonyl (C=O) groups excluding carboxylic acids is 2. The third-order valence-electron chi connectivity index (χ3n) is 3.36. The standard InChI is InChI=1S/C16H18N2O7S/c1-10(15(19)18-9-11-5-3-4-6-12(11)23-2)24-16(20)13-7-8-14(25-13)26(17,21)22/h3-8,10H,9H2,1-2H3,(H,18,19)(H2,17,21,22). The lowest BCUT2D eigenvalue weighted by atomic mass is 10.2. The Morgan fingerprint density at radius 2 is 1.92 bits per heavy atom. The van der Waals surface area contributed by atoms with E-state index < -0.39 is 33.1 Å². The fourth-order valence-electron chi connectivity index (χ4n) is 2.03. The molecule has 0 radical (unpaired) electrons. The minimum atomic E-state index is -4.07. The number of carbonyl (C=O) groups is 2. The van der Waals surface area contributed by atoms with Crippen molar-refractivity contribution in [2.75, 3.05) is 7.11 Å². The van der Waals surface area contributed by atoms with E-state index in [1.807, 2.05) is 0 Å². The van der Waals surface area contributed by atoms with Gasteiger partial charge in [-0.3, -0.25) is 4.79 Å². The van der Waals surface area contributed by atoms with Crippen molar-refractivity contribution < 1.29 is 31.9 Å². The van der Waals surface area contributed by atoms with Crippen molar-refractivity contribution in [3.63, 3.8) is 0 Å². The molecule has 1 unspecified atom stereocenters. The Hall–Kier alpha value is -2.85. The molecule has 1 aromatic carbocycles. The summed E-state index contributed by atoms with van der Waals surface area (Å²) >= 11 is 0. The second-order valence-electron chi connectivity index (χ2n) is 5.24. The molecule has 0 saturated carbocycles. The van der Waals surface area contributed by atoms with Crippen LogP contribution in [0.25, 0.3) is 0 Å². The first-order valence-corrected chi connectivity index (χ1v) is 9.00. The largest absolute Gasteiger partial charge is 0.496 e. The normalized spacial score (nSPS) is 12.3. The van der Waals surface area contributed by atoms with Crippen LogP contribution in [-0.4, -0.2) is 33.5 Å². The first kappa shape index (κ1) is 19.5. The van der Waals surface area contributed by atoms with Gasteiger partial charge < -0.3 is 19.2 Å². The van der Waals surface area contributed by atoms with Crippen LogP contribution in [0.15, 0.2) is 45.9 Å². The number of furan rings is 1. The highest BCUT2D eigenvalue weighted by Crippen LogP contribution is 2.17. The maximum Gasteiger partial charge on any atom is 0.375 e. The van der Waals surface area contributed by atoms with Crippen molar-refractivity contribution in [1.82, 2.24) is 5.32 Å². The molecule has 0 aliphatic heterocycles. The van der Waals surface area contributed by atoms with E-state index in [1.165, 1.54) is 14.0 Å². The third kappa shape index (κ3) is 4.83. The Kier molecular flexibility index (Phi) is 6.01. The summed E-state index contributed by atoms with van der Waals surface area (Å²) in [5, 5.41) is 6.94. The molecule has 10 heteroatoms. The third-order valence-corrected chi connectivity index (χ3v) is 4.14. The predicted molar refractivity (Wildman–Crippen MR) is 89.8 cm³/mol. The van der Waals surface area contributed by atoms with Crippen molar-refractivity contribution >= 4 is 21.9 Å². The van der Waals surface area contributed by atoms with Gasteiger partial charge in [0.05, 0.1) is 7.11 Å². The summed E-state index contributed by atoms with van der Waals surface area (Å²) in [7, 11) is -2.55. The van der Waals surface area contributed by atoms with E-state index in [9.17, 15) is 18.0 Å². The number of rotatable bonds is 7. The Morgan fingerprint density at radius 3 is 2.54 bits per heavy atom. The van der Waals surface area contributed by atoms with E-state index in [4.69, 9.17) is 19.0 Å². The second kappa shape index (κ2) is 8.02. The van der Waals surface area contributed by atoms with Crippen molar-refractivity contribution in [3.05, 3.63) is 47.7 Å². The Labute approximate surface area is 150 Å². The molecule has 140 valence electrons. The van der Waals surface area contributed by atoms with Crippen LogP contribution in [-0.2, 0) is 26.1 Å². The van der Waals surface area contributed by atoms with Gasteiger partial charge in [-0.1, -0.05) is 18.2 Å². The zero-order valence-corrected chi connectivity index (χ0v) is 14.9. The lowest BCUT2D eigenvalue weighted by Gasteiger charge is -2.14. The van der Waals surface area contributed by atoms with E-state index in [-0.39, 0.29) is 12.3 Å². The summed E-state index contributed by atoms with van der Waals surface area (Å²) < 4.78 is 37.2. The van der Waals surface area contributed by atoms with Crippen molar-refractivity contribution in [2.24, 2.45) is 5.14 Å². The predicted octanol–water partition coefficient (Wildman–Crippen LogP) is 0.797. The number of sulfonamides is 1. The van der Waals surface area contributed by atoms with Gasteiger partial charge in [0, 0.05) is 12.1 Å².